The van der Waals surface area contributed by atoms with Gasteiger partial charge in [0, 0.05) is 5.56 Å². The monoisotopic (exact) mass is 308 g/mol. The molecule has 0 aromatic heterocycles. The first-order valence-corrected chi connectivity index (χ1v) is 7.11. The van der Waals surface area contributed by atoms with Crippen LogP contribution in [0.25, 0.3) is 0 Å². The van der Waals surface area contributed by atoms with Crippen LogP contribution >= 0.6 is 23.2 Å². The fourth-order valence-corrected chi connectivity index (χ4v) is 2.20. The lowest BCUT2D eigenvalue weighted by atomic mass is 10.0. The third-order valence-corrected chi connectivity index (χ3v) is 3.61. The van der Waals surface area contributed by atoms with E-state index in [1.165, 1.54) is 0 Å². The van der Waals surface area contributed by atoms with Gasteiger partial charge in [-0.25, -0.2) is 0 Å². The minimum absolute atomic E-state index is 0.191. The summed E-state index contributed by atoms with van der Waals surface area (Å²) in [6.07, 6.45) is 0.875. The number of carbonyl (C=O) groups excluding carboxylic acids is 1. The summed E-state index contributed by atoms with van der Waals surface area (Å²) < 4.78 is 5.60. The third-order valence-electron chi connectivity index (χ3n) is 2.79. The molecule has 0 heterocycles. The summed E-state index contributed by atoms with van der Waals surface area (Å²) in [6.45, 7) is 2.58. The van der Waals surface area contributed by atoms with Crippen molar-refractivity contribution in [2.75, 3.05) is 6.61 Å². The molecule has 4 heteroatoms. The van der Waals surface area contributed by atoms with Gasteiger partial charge in [-0.15, -0.1) is 0 Å². The van der Waals surface area contributed by atoms with Gasteiger partial charge < -0.3 is 4.74 Å². The van der Waals surface area contributed by atoms with Crippen LogP contribution in [-0.4, -0.2) is 12.4 Å². The predicted octanol–water partition coefficient (Wildman–Crippen LogP) is 5.01. The zero-order chi connectivity index (χ0) is 14.5. The van der Waals surface area contributed by atoms with E-state index < -0.39 is 0 Å². The number of benzene rings is 2. The molecule has 2 rings (SSSR count). The third kappa shape index (κ3) is 3.14. The van der Waals surface area contributed by atoms with Crippen LogP contribution in [0.15, 0.2) is 42.5 Å². The van der Waals surface area contributed by atoms with Crippen LogP contribution in [0.1, 0.15) is 29.3 Å². The Bertz CT molecular complexity index is 624. The quantitative estimate of drug-likeness (QED) is 0.725. The van der Waals surface area contributed by atoms with Crippen molar-refractivity contribution in [1.29, 1.82) is 0 Å². The fourth-order valence-electron chi connectivity index (χ4n) is 1.82. The van der Waals surface area contributed by atoms with Gasteiger partial charge in [0.2, 0.25) is 0 Å². The van der Waals surface area contributed by atoms with Gasteiger partial charge in [-0.05, 0) is 30.7 Å². The Balaban J connectivity index is 2.40. The molecule has 2 aromatic carbocycles. The Labute approximate surface area is 128 Å². The topological polar surface area (TPSA) is 26.3 Å². The molecule has 0 radical (unpaired) electrons. The maximum absolute atomic E-state index is 12.6. The predicted molar refractivity (Wildman–Crippen MR) is 82.1 cm³/mol. The molecular formula is C16H14Cl2O2. The van der Waals surface area contributed by atoms with Gasteiger partial charge in [-0.2, -0.15) is 0 Å². The maximum atomic E-state index is 12.6. The highest BCUT2D eigenvalue weighted by Crippen LogP contribution is 2.29. The van der Waals surface area contributed by atoms with Crippen molar-refractivity contribution >= 4 is 29.0 Å². The van der Waals surface area contributed by atoms with Gasteiger partial charge in [0.15, 0.2) is 5.78 Å². The molecule has 0 atom stereocenters. The van der Waals surface area contributed by atoms with E-state index in [4.69, 9.17) is 27.9 Å². The Morgan fingerprint density at radius 1 is 1.05 bits per heavy atom. The smallest absolute Gasteiger partial charge is 0.198 e. The summed E-state index contributed by atoms with van der Waals surface area (Å²) in [7, 11) is 0. The summed E-state index contributed by atoms with van der Waals surface area (Å²) in [6, 6.07) is 12.2. The van der Waals surface area contributed by atoms with Crippen LogP contribution in [-0.2, 0) is 0 Å². The van der Waals surface area contributed by atoms with Crippen LogP contribution < -0.4 is 4.74 Å². The standard InChI is InChI=1S/C16H14Cl2O2/c1-2-10-20-14-9-4-3-6-11(14)16(19)12-7-5-8-13(17)15(12)18/h3-9H,2,10H2,1H3. The van der Waals surface area contributed by atoms with Gasteiger partial charge in [0.1, 0.15) is 5.75 Å². The van der Waals surface area contributed by atoms with Crippen molar-refractivity contribution in [3.8, 4) is 5.75 Å². The lowest BCUT2D eigenvalue weighted by Crippen LogP contribution is -2.06. The number of ether oxygens (including phenoxy) is 1. The lowest BCUT2D eigenvalue weighted by molar-refractivity contribution is 0.103. The normalized spacial score (nSPS) is 10.3. The van der Waals surface area contributed by atoms with E-state index in [2.05, 4.69) is 0 Å². The average Bonchev–Trinajstić information content (AvgIpc) is 2.47. The Hall–Kier alpha value is -1.51. The summed E-state index contributed by atoms with van der Waals surface area (Å²) in [5.74, 6) is 0.375. The Kier molecular flexibility index (Phi) is 5.05. The number of rotatable bonds is 5. The summed E-state index contributed by atoms with van der Waals surface area (Å²) in [5.41, 5.74) is 0.872. The van der Waals surface area contributed by atoms with E-state index in [1.807, 2.05) is 13.0 Å². The maximum Gasteiger partial charge on any atom is 0.198 e. The van der Waals surface area contributed by atoms with E-state index in [0.29, 0.717) is 28.5 Å². The van der Waals surface area contributed by atoms with E-state index >= 15 is 0 Å². The highest BCUT2D eigenvalue weighted by Gasteiger charge is 2.18. The van der Waals surface area contributed by atoms with Gasteiger partial charge >= 0.3 is 0 Å². The van der Waals surface area contributed by atoms with Gasteiger partial charge in [-0.1, -0.05) is 48.3 Å². The molecule has 2 nitrogen and oxygen atoms in total. The molecule has 0 amide bonds. The first kappa shape index (κ1) is 14.9. The minimum Gasteiger partial charge on any atom is -0.493 e. The number of halogens is 2. The van der Waals surface area contributed by atoms with Crippen LogP contribution in [0.3, 0.4) is 0 Å². The SMILES string of the molecule is CCCOc1ccccc1C(=O)c1cccc(Cl)c1Cl. The molecule has 104 valence electrons. The van der Waals surface area contributed by atoms with Crippen molar-refractivity contribution < 1.29 is 9.53 Å². The molecule has 0 aliphatic heterocycles. The summed E-state index contributed by atoms with van der Waals surface area (Å²) >= 11 is 12.1. The zero-order valence-electron chi connectivity index (χ0n) is 11.0. The number of ketones is 1. The van der Waals surface area contributed by atoms with E-state index in [9.17, 15) is 4.79 Å². The van der Waals surface area contributed by atoms with Gasteiger partial charge in [0.25, 0.3) is 0 Å². The number of hydrogen-bond donors (Lipinski definition) is 0. The Morgan fingerprint density at radius 2 is 1.75 bits per heavy atom. The first-order valence-electron chi connectivity index (χ1n) is 6.35. The lowest BCUT2D eigenvalue weighted by Gasteiger charge is -2.11. The van der Waals surface area contributed by atoms with Crippen LogP contribution in [0, 0.1) is 0 Å². The van der Waals surface area contributed by atoms with Crippen molar-refractivity contribution in [2.24, 2.45) is 0 Å². The van der Waals surface area contributed by atoms with Crippen LogP contribution in [0.5, 0.6) is 5.75 Å². The molecule has 0 aliphatic rings. The summed E-state index contributed by atoms with van der Waals surface area (Å²) in [4.78, 5) is 12.6. The summed E-state index contributed by atoms with van der Waals surface area (Å²) in [5, 5.41) is 0.633. The zero-order valence-corrected chi connectivity index (χ0v) is 12.5. The first-order chi connectivity index (χ1) is 9.65. The number of hydrogen-bond acceptors (Lipinski definition) is 2. The molecular weight excluding hydrogens is 295 g/mol. The van der Waals surface area contributed by atoms with E-state index in [1.54, 1.807) is 36.4 Å². The largest absolute Gasteiger partial charge is 0.493 e. The van der Waals surface area contributed by atoms with Crippen molar-refractivity contribution in [2.45, 2.75) is 13.3 Å². The van der Waals surface area contributed by atoms with Gasteiger partial charge in [-0.3, -0.25) is 4.79 Å². The number of para-hydroxylation sites is 1. The molecule has 0 aliphatic carbocycles. The molecule has 0 bridgehead atoms. The molecule has 0 N–H and O–H groups in total. The van der Waals surface area contributed by atoms with Crippen LogP contribution in [0.4, 0.5) is 0 Å². The molecule has 0 saturated carbocycles. The van der Waals surface area contributed by atoms with E-state index in [-0.39, 0.29) is 10.8 Å². The van der Waals surface area contributed by atoms with Crippen molar-refractivity contribution in [3.05, 3.63) is 63.6 Å². The second-order valence-corrected chi connectivity index (χ2v) is 5.06. The highest BCUT2D eigenvalue weighted by molar-refractivity contribution is 6.44. The van der Waals surface area contributed by atoms with Crippen LogP contribution in [0.2, 0.25) is 10.0 Å². The molecule has 0 unspecified atom stereocenters. The van der Waals surface area contributed by atoms with Crippen molar-refractivity contribution in [1.82, 2.24) is 0 Å². The molecule has 0 saturated heterocycles. The molecule has 0 fully saturated rings. The van der Waals surface area contributed by atoms with Gasteiger partial charge in [0.05, 0.1) is 22.2 Å². The second kappa shape index (κ2) is 6.78. The molecule has 20 heavy (non-hydrogen) atoms. The fraction of sp³-hybridized carbons (Fsp3) is 0.188. The van der Waals surface area contributed by atoms with E-state index in [0.717, 1.165) is 6.42 Å². The Morgan fingerprint density at radius 3 is 2.50 bits per heavy atom. The minimum atomic E-state index is -0.191. The number of carbonyl (C=O) groups is 1. The molecule has 0 spiro atoms. The molecule has 2 aromatic rings. The average molecular weight is 309 g/mol. The highest BCUT2D eigenvalue weighted by atomic mass is 35.5. The van der Waals surface area contributed by atoms with Crippen molar-refractivity contribution in [3.63, 3.8) is 0 Å². The second-order valence-electron chi connectivity index (χ2n) is 4.28.